The maximum Gasteiger partial charge on any atom is 0.0234 e. The molecule has 1 radical (unpaired) electrons. The van der Waals surface area contributed by atoms with Crippen LogP contribution >= 0.6 is 24.2 Å². The van der Waals surface area contributed by atoms with E-state index in [0.717, 1.165) is 12.8 Å². The van der Waals surface area contributed by atoms with E-state index >= 15 is 0 Å². The van der Waals surface area contributed by atoms with Crippen LogP contribution in [0, 0.1) is 0 Å². The van der Waals surface area contributed by atoms with Gasteiger partial charge in [0.05, 0.1) is 0 Å². The van der Waals surface area contributed by atoms with Crippen molar-refractivity contribution >= 4 is 24.2 Å². The molecule has 0 rings (SSSR count). The number of alkyl halides is 1. The summed E-state index contributed by atoms with van der Waals surface area (Å²) in [5.41, 5.74) is 0. The third-order valence-corrected chi connectivity index (χ3v) is 1.67. The van der Waals surface area contributed by atoms with Gasteiger partial charge in [0.15, 0.2) is 0 Å². The topological polar surface area (TPSA) is 0 Å². The number of halogens is 1. The quantitative estimate of drug-likeness (QED) is 0.525. The maximum atomic E-state index is 5.41. The van der Waals surface area contributed by atoms with Crippen molar-refractivity contribution in [1.82, 2.24) is 0 Å². The summed E-state index contributed by atoms with van der Waals surface area (Å²) < 4.78 is 0. The Bertz CT molecular complexity index is 39.1. The molecule has 0 aliphatic heterocycles. The zero-order chi connectivity index (χ0) is 5.70. The molecule has 1 atom stereocenters. The molecule has 7 heavy (non-hydrogen) atoms. The lowest BCUT2D eigenvalue weighted by atomic mass is 10.3. The zero-order valence-corrected chi connectivity index (χ0v) is 6.06. The van der Waals surface area contributed by atoms with Gasteiger partial charge in [0.25, 0.3) is 0 Å². The molecule has 0 aromatic rings. The molecule has 43 valence electrons. The van der Waals surface area contributed by atoms with E-state index in [2.05, 4.69) is 6.92 Å². The van der Waals surface area contributed by atoms with Gasteiger partial charge in [-0.15, -0.1) is 11.6 Å². The standard InChI is InChI=1S/C5H10ClS/c1-2-5(7)3-4-6/h5H,2-4H2,1H3. The first kappa shape index (κ1) is 7.64. The van der Waals surface area contributed by atoms with Crippen LogP contribution in [-0.4, -0.2) is 11.1 Å². The highest BCUT2D eigenvalue weighted by atomic mass is 35.5. The monoisotopic (exact) mass is 137 g/mol. The third-order valence-electron chi connectivity index (χ3n) is 0.886. The van der Waals surface area contributed by atoms with Gasteiger partial charge < -0.3 is 0 Å². The Morgan fingerprint density at radius 3 is 2.43 bits per heavy atom. The van der Waals surface area contributed by atoms with Crippen LogP contribution < -0.4 is 0 Å². The fourth-order valence-corrected chi connectivity index (χ4v) is 0.836. The summed E-state index contributed by atoms with van der Waals surface area (Å²) in [4.78, 5) is 0. The lowest BCUT2D eigenvalue weighted by Crippen LogP contribution is -1.95. The Morgan fingerprint density at radius 2 is 2.29 bits per heavy atom. The molecule has 0 aromatic heterocycles. The fraction of sp³-hybridized carbons (Fsp3) is 1.00. The van der Waals surface area contributed by atoms with Crippen LogP contribution in [0.5, 0.6) is 0 Å². The second-order valence-electron chi connectivity index (χ2n) is 1.51. The van der Waals surface area contributed by atoms with Crippen molar-refractivity contribution in [1.29, 1.82) is 0 Å². The van der Waals surface area contributed by atoms with Crippen LogP contribution in [0.15, 0.2) is 0 Å². The molecule has 0 N–H and O–H groups in total. The van der Waals surface area contributed by atoms with Crippen LogP contribution in [0.4, 0.5) is 0 Å². The summed E-state index contributed by atoms with van der Waals surface area (Å²) in [5, 5.41) is 0.400. The van der Waals surface area contributed by atoms with Gasteiger partial charge in [0.2, 0.25) is 0 Å². The highest BCUT2D eigenvalue weighted by Gasteiger charge is 1.95. The van der Waals surface area contributed by atoms with Crippen LogP contribution in [0.25, 0.3) is 0 Å². The maximum absolute atomic E-state index is 5.41. The van der Waals surface area contributed by atoms with E-state index in [1.807, 2.05) is 0 Å². The number of hydrogen-bond acceptors (Lipinski definition) is 0. The van der Waals surface area contributed by atoms with Gasteiger partial charge in [0.1, 0.15) is 0 Å². The Morgan fingerprint density at radius 1 is 1.71 bits per heavy atom. The van der Waals surface area contributed by atoms with Gasteiger partial charge in [0, 0.05) is 11.1 Å². The molecule has 0 spiro atoms. The minimum absolute atomic E-state index is 0.400. The molecule has 0 heterocycles. The second kappa shape index (κ2) is 4.79. The average Bonchev–Trinajstić information content (AvgIpc) is 1.68. The highest BCUT2D eigenvalue weighted by Crippen LogP contribution is 2.05. The molecule has 0 aliphatic carbocycles. The normalized spacial score (nSPS) is 14.1. The first-order valence-corrected chi connectivity index (χ1v) is 3.53. The minimum Gasteiger partial charge on any atom is -0.127 e. The van der Waals surface area contributed by atoms with Crippen molar-refractivity contribution in [2.75, 3.05) is 5.88 Å². The molecular weight excluding hydrogens is 128 g/mol. The predicted molar refractivity (Wildman–Crippen MR) is 37.0 cm³/mol. The molecule has 0 saturated heterocycles. The second-order valence-corrected chi connectivity index (χ2v) is 2.55. The SMILES string of the molecule is CCC([S])CCCl. The van der Waals surface area contributed by atoms with E-state index in [1.165, 1.54) is 0 Å². The largest absolute Gasteiger partial charge is 0.127 e. The average molecular weight is 138 g/mol. The van der Waals surface area contributed by atoms with Gasteiger partial charge in [-0.1, -0.05) is 19.6 Å². The third kappa shape index (κ3) is 4.49. The lowest BCUT2D eigenvalue weighted by Gasteiger charge is -1.99. The molecular formula is C5H10ClS. The lowest BCUT2D eigenvalue weighted by molar-refractivity contribution is 0.802. The van der Waals surface area contributed by atoms with Crippen LogP contribution in [0.3, 0.4) is 0 Å². The molecule has 1 unspecified atom stereocenters. The summed E-state index contributed by atoms with van der Waals surface area (Å²) >= 11 is 10.4. The van der Waals surface area contributed by atoms with Crippen molar-refractivity contribution < 1.29 is 0 Å². The van der Waals surface area contributed by atoms with Gasteiger partial charge in [-0.3, -0.25) is 0 Å². The highest BCUT2D eigenvalue weighted by molar-refractivity contribution is 7.80. The fourth-order valence-electron chi connectivity index (χ4n) is 0.326. The molecule has 0 fully saturated rings. The smallest absolute Gasteiger partial charge is 0.0234 e. The van der Waals surface area contributed by atoms with E-state index in [-0.39, 0.29) is 0 Å². The first-order valence-electron chi connectivity index (χ1n) is 2.53. The summed E-state index contributed by atoms with van der Waals surface area (Å²) in [6.07, 6.45) is 2.05. The summed E-state index contributed by atoms with van der Waals surface area (Å²) in [6.45, 7) is 2.09. The van der Waals surface area contributed by atoms with Crippen LogP contribution in [-0.2, 0) is 0 Å². The van der Waals surface area contributed by atoms with Crippen LogP contribution in [0.1, 0.15) is 19.8 Å². The van der Waals surface area contributed by atoms with Gasteiger partial charge in [-0.05, 0) is 12.8 Å². The molecule has 2 heteroatoms. The van der Waals surface area contributed by atoms with Gasteiger partial charge in [-0.2, -0.15) is 0 Å². The van der Waals surface area contributed by atoms with Crippen molar-refractivity contribution in [2.45, 2.75) is 25.0 Å². The molecule has 0 amide bonds. The van der Waals surface area contributed by atoms with Crippen molar-refractivity contribution in [3.8, 4) is 0 Å². The Hall–Kier alpha value is 0.640. The van der Waals surface area contributed by atoms with Crippen molar-refractivity contribution in [3.63, 3.8) is 0 Å². The Labute approximate surface area is 55.7 Å². The molecule has 0 aromatic carbocycles. The molecule has 0 nitrogen and oxygen atoms in total. The van der Waals surface area contributed by atoms with Gasteiger partial charge in [-0.25, -0.2) is 0 Å². The van der Waals surface area contributed by atoms with E-state index in [0.29, 0.717) is 11.1 Å². The van der Waals surface area contributed by atoms with Gasteiger partial charge >= 0.3 is 0 Å². The zero-order valence-electron chi connectivity index (χ0n) is 4.48. The first-order chi connectivity index (χ1) is 3.31. The minimum atomic E-state index is 0.400. The Kier molecular flexibility index (Phi) is 5.23. The summed E-state index contributed by atoms with van der Waals surface area (Å²) in [6, 6.07) is 0. The van der Waals surface area contributed by atoms with Crippen LogP contribution in [0.2, 0.25) is 0 Å². The van der Waals surface area contributed by atoms with E-state index in [4.69, 9.17) is 24.2 Å². The predicted octanol–water partition coefficient (Wildman–Crippen LogP) is 2.59. The van der Waals surface area contributed by atoms with E-state index < -0.39 is 0 Å². The van der Waals surface area contributed by atoms with E-state index in [1.54, 1.807) is 0 Å². The molecule has 0 saturated carbocycles. The van der Waals surface area contributed by atoms with E-state index in [9.17, 15) is 0 Å². The molecule has 0 aliphatic rings. The Balaban J connectivity index is 2.83. The molecule has 0 bridgehead atoms. The van der Waals surface area contributed by atoms with Crippen molar-refractivity contribution in [2.24, 2.45) is 0 Å². The number of rotatable bonds is 3. The summed E-state index contributed by atoms with van der Waals surface area (Å²) in [5.74, 6) is 0.710. The number of hydrogen-bond donors (Lipinski definition) is 0. The summed E-state index contributed by atoms with van der Waals surface area (Å²) in [7, 11) is 0. The van der Waals surface area contributed by atoms with Crippen molar-refractivity contribution in [3.05, 3.63) is 0 Å².